The molecule has 0 aliphatic rings. The summed E-state index contributed by atoms with van der Waals surface area (Å²) < 4.78 is 10.7. The Hall–Kier alpha value is -1.39. The molecule has 2 N–H and O–H groups in total. The lowest BCUT2D eigenvalue weighted by atomic mass is 10.1. The van der Waals surface area contributed by atoms with Gasteiger partial charge in [-0.15, -0.1) is 0 Å². The molecule has 0 fully saturated rings. The van der Waals surface area contributed by atoms with Crippen LogP contribution in [0.4, 0.5) is 0 Å². The zero-order valence-electron chi connectivity index (χ0n) is 12.4. The lowest BCUT2D eigenvalue weighted by molar-refractivity contribution is 0.0377. The predicted molar refractivity (Wildman–Crippen MR) is 79.6 cm³/mol. The van der Waals surface area contributed by atoms with Gasteiger partial charge in [-0.25, -0.2) is 4.79 Å². The highest BCUT2D eigenvalue weighted by atomic mass is 16.5. The number of benzene rings is 1. The molecule has 0 aliphatic carbocycles. The number of esters is 1. The number of hydrogen-bond acceptors (Lipinski definition) is 4. The van der Waals surface area contributed by atoms with E-state index in [1.807, 2.05) is 26.0 Å². The molecular weight excluding hydrogens is 254 g/mol. The summed E-state index contributed by atoms with van der Waals surface area (Å²) in [6, 6.07) is 7.35. The van der Waals surface area contributed by atoms with Gasteiger partial charge < -0.3 is 15.2 Å². The average Bonchev–Trinajstić information content (AvgIpc) is 2.42. The van der Waals surface area contributed by atoms with Gasteiger partial charge in [0.1, 0.15) is 0 Å². The van der Waals surface area contributed by atoms with Crippen molar-refractivity contribution in [2.75, 3.05) is 13.2 Å². The van der Waals surface area contributed by atoms with Crippen LogP contribution in [0.15, 0.2) is 24.3 Å². The second kappa shape index (κ2) is 9.50. The fraction of sp³-hybridized carbons (Fsp3) is 0.562. The first-order valence-electron chi connectivity index (χ1n) is 7.21. The van der Waals surface area contributed by atoms with Gasteiger partial charge in [-0.1, -0.05) is 12.1 Å². The van der Waals surface area contributed by atoms with Gasteiger partial charge >= 0.3 is 5.97 Å². The molecule has 4 heteroatoms. The summed E-state index contributed by atoms with van der Waals surface area (Å²) in [5, 5.41) is 0. The van der Waals surface area contributed by atoms with Crippen LogP contribution < -0.4 is 5.73 Å². The molecule has 112 valence electrons. The van der Waals surface area contributed by atoms with Gasteiger partial charge in [-0.2, -0.15) is 0 Å². The van der Waals surface area contributed by atoms with Gasteiger partial charge in [0, 0.05) is 6.61 Å². The van der Waals surface area contributed by atoms with Crippen LogP contribution in [0.5, 0.6) is 0 Å². The Balaban J connectivity index is 2.30. The standard InChI is InChI=1S/C16H25NO3/c1-13(2)20-16(18)15-8-6-14(7-9-15)12-19-11-5-3-4-10-17/h6-9,13H,3-5,10-12,17H2,1-2H3. The molecule has 1 aromatic carbocycles. The molecule has 0 unspecified atom stereocenters. The molecule has 1 aromatic rings. The SMILES string of the molecule is CC(C)OC(=O)c1ccc(COCCCCCN)cc1. The van der Waals surface area contributed by atoms with E-state index in [-0.39, 0.29) is 12.1 Å². The minimum Gasteiger partial charge on any atom is -0.459 e. The second-order valence-electron chi connectivity index (χ2n) is 5.05. The fourth-order valence-electron chi connectivity index (χ4n) is 1.73. The number of ether oxygens (including phenoxy) is 2. The van der Waals surface area contributed by atoms with Gasteiger partial charge in [0.05, 0.1) is 18.3 Å². The molecule has 1 rings (SSSR count). The predicted octanol–water partition coefficient (Wildman–Crippen LogP) is 2.90. The first-order chi connectivity index (χ1) is 9.63. The third-order valence-corrected chi connectivity index (χ3v) is 2.79. The molecule has 0 aromatic heterocycles. The summed E-state index contributed by atoms with van der Waals surface area (Å²) in [4.78, 5) is 11.7. The summed E-state index contributed by atoms with van der Waals surface area (Å²) in [5.41, 5.74) is 7.06. The van der Waals surface area contributed by atoms with Crippen LogP contribution in [0, 0.1) is 0 Å². The number of carbonyl (C=O) groups is 1. The van der Waals surface area contributed by atoms with Gasteiger partial charge in [0.2, 0.25) is 0 Å². The summed E-state index contributed by atoms with van der Waals surface area (Å²) in [6.07, 6.45) is 3.10. The highest BCUT2D eigenvalue weighted by Crippen LogP contribution is 2.09. The van der Waals surface area contributed by atoms with Gasteiger partial charge in [-0.05, 0) is 57.4 Å². The molecule has 0 spiro atoms. The van der Waals surface area contributed by atoms with E-state index >= 15 is 0 Å². The van der Waals surface area contributed by atoms with Gasteiger partial charge in [0.15, 0.2) is 0 Å². The van der Waals surface area contributed by atoms with Crippen LogP contribution in [0.1, 0.15) is 49.0 Å². The Morgan fingerprint density at radius 3 is 2.45 bits per heavy atom. The second-order valence-corrected chi connectivity index (χ2v) is 5.05. The Labute approximate surface area is 121 Å². The van der Waals surface area contributed by atoms with Crippen molar-refractivity contribution in [2.24, 2.45) is 5.73 Å². The van der Waals surface area contributed by atoms with Crippen LogP contribution in [0.3, 0.4) is 0 Å². The maximum absolute atomic E-state index is 11.7. The number of nitrogens with two attached hydrogens (primary N) is 1. The van der Waals surface area contributed by atoms with Crippen LogP contribution in [-0.4, -0.2) is 25.2 Å². The number of hydrogen-bond donors (Lipinski definition) is 1. The van der Waals surface area contributed by atoms with Crippen molar-refractivity contribution >= 4 is 5.97 Å². The number of carbonyl (C=O) groups excluding carboxylic acids is 1. The minimum absolute atomic E-state index is 0.0981. The number of rotatable bonds is 9. The van der Waals surface area contributed by atoms with Crippen LogP contribution >= 0.6 is 0 Å². The normalized spacial score (nSPS) is 10.8. The zero-order chi connectivity index (χ0) is 14.8. The van der Waals surface area contributed by atoms with Crippen molar-refractivity contribution < 1.29 is 14.3 Å². The lowest BCUT2D eigenvalue weighted by Crippen LogP contribution is -2.11. The molecule has 0 bridgehead atoms. The minimum atomic E-state index is -0.283. The van der Waals surface area contributed by atoms with Crippen LogP contribution in [-0.2, 0) is 16.1 Å². The van der Waals surface area contributed by atoms with Crippen molar-refractivity contribution in [2.45, 2.75) is 45.8 Å². The zero-order valence-corrected chi connectivity index (χ0v) is 12.4. The van der Waals surface area contributed by atoms with Crippen molar-refractivity contribution in [3.8, 4) is 0 Å². The van der Waals surface area contributed by atoms with Gasteiger partial charge in [0.25, 0.3) is 0 Å². The molecule has 0 amide bonds. The Morgan fingerprint density at radius 2 is 1.85 bits per heavy atom. The summed E-state index contributed by atoms with van der Waals surface area (Å²) >= 11 is 0. The van der Waals surface area contributed by atoms with Crippen molar-refractivity contribution in [1.29, 1.82) is 0 Å². The highest BCUT2D eigenvalue weighted by Gasteiger charge is 2.08. The third-order valence-electron chi connectivity index (χ3n) is 2.79. The van der Waals surface area contributed by atoms with Crippen LogP contribution in [0.2, 0.25) is 0 Å². The Morgan fingerprint density at radius 1 is 1.15 bits per heavy atom. The molecule has 0 aliphatic heterocycles. The van der Waals surface area contributed by atoms with E-state index in [1.54, 1.807) is 12.1 Å². The van der Waals surface area contributed by atoms with Crippen LogP contribution in [0.25, 0.3) is 0 Å². The van der Waals surface area contributed by atoms with E-state index in [0.29, 0.717) is 12.2 Å². The van der Waals surface area contributed by atoms with Crippen molar-refractivity contribution in [3.05, 3.63) is 35.4 Å². The van der Waals surface area contributed by atoms with Gasteiger partial charge in [-0.3, -0.25) is 0 Å². The van der Waals surface area contributed by atoms with E-state index in [4.69, 9.17) is 15.2 Å². The molecule has 0 atom stereocenters. The quantitative estimate of drug-likeness (QED) is 0.557. The largest absolute Gasteiger partial charge is 0.459 e. The van der Waals surface area contributed by atoms with E-state index in [1.165, 1.54) is 0 Å². The molecule has 20 heavy (non-hydrogen) atoms. The summed E-state index contributed by atoms with van der Waals surface area (Å²) in [7, 11) is 0. The Kier molecular flexibility index (Phi) is 7.92. The molecule has 0 radical (unpaired) electrons. The molecule has 0 heterocycles. The van der Waals surface area contributed by atoms with E-state index in [0.717, 1.165) is 38.0 Å². The van der Waals surface area contributed by atoms with E-state index < -0.39 is 0 Å². The van der Waals surface area contributed by atoms with Crippen molar-refractivity contribution in [3.63, 3.8) is 0 Å². The summed E-state index contributed by atoms with van der Waals surface area (Å²) in [5.74, 6) is -0.283. The molecular formula is C16H25NO3. The van der Waals surface area contributed by atoms with E-state index in [2.05, 4.69) is 0 Å². The van der Waals surface area contributed by atoms with Crippen molar-refractivity contribution in [1.82, 2.24) is 0 Å². The molecule has 0 saturated heterocycles. The molecule has 0 saturated carbocycles. The van der Waals surface area contributed by atoms with E-state index in [9.17, 15) is 4.79 Å². The third kappa shape index (κ3) is 6.68. The number of unbranched alkanes of at least 4 members (excludes halogenated alkanes) is 2. The average molecular weight is 279 g/mol. The smallest absolute Gasteiger partial charge is 0.338 e. The lowest BCUT2D eigenvalue weighted by Gasteiger charge is -2.08. The first-order valence-corrected chi connectivity index (χ1v) is 7.21. The first kappa shape index (κ1) is 16.7. The maximum Gasteiger partial charge on any atom is 0.338 e. The fourth-order valence-corrected chi connectivity index (χ4v) is 1.73. The summed E-state index contributed by atoms with van der Waals surface area (Å²) in [6.45, 7) is 5.74. The maximum atomic E-state index is 11.7. The monoisotopic (exact) mass is 279 g/mol. The topological polar surface area (TPSA) is 61.5 Å². The highest BCUT2D eigenvalue weighted by molar-refractivity contribution is 5.89. The molecule has 4 nitrogen and oxygen atoms in total. The Bertz CT molecular complexity index is 387.